The maximum atomic E-state index is 5.44. The van der Waals surface area contributed by atoms with Crippen LogP contribution in [0.1, 0.15) is 18.5 Å². The van der Waals surface area contributed by atoms with Crippen LogP contribution in [0.2, 0.25) is 0 Å². The number of piperidine rings is 1. The summed E-state index contributed by atoms with van der Waals surface area (Å²) in [7, 11) is 0. The van der Waals surface area contributed by atoms with Gasteiger partial charge in [0.15, 0.2) is 0 Å². The summed E-state index contributed by atoms with van der Waals surface area (Å²) in [5.74, 6) is 1.22. The highest BCUT2D eigenvalue weighted by molar-refractivity contribution is 5.53. The van der Waals surface area contributed by atoms with Crippen molar-refractivity contribution in [2.75, 3.05) is 44.3 Å². The van der Waals surface area contributed by atoms with E-state index in [0.29, 0.717) is 17.9 Å². The van der Waals surface area contributed by atoms with Crippen molar-refractivity contribution >= 4 is 5.95 Å². The third kappa shape index (κ3) is 3.27. The van der Waals surface area contributed by atoms with Gasteiger partial charge >= 0.3 is 0 Å². The predicted molar refractivity (Wildman–Crippen MR) is 89.9 cm³/mol. The van der Waals surface area contributed by atoms with Gasteiger partial charge in [0, 0.05) is 44.1 Å². The summed E-state index contributed by atoms with van der Waals surface area (Å²) in [6.07, 6.45) is 4.04. The highest BCUT2D eigenvalue weighted by Crippen LogP contribution is 2.24. The van der Waals surface area contributed by atoms with Gasteiger partial charge in [-0.3, -0.25) is 9.88 Å². The zero-order chi connectivity index (χ0) is 16.4. The fraction of sp³-hybridized carbons (Fsp3) is 0.588. The molecule has 24 heavy (non-hydrogen) atoms. The second kappa shape index (κ2) is 6.86. The highest BCUT2D eigenvalue weighted by Gasteiger charge is 2.27. The fourth-order valence-corrected chi connectivity index (χ4v) is 3.43. The zero-order valence-corrected chi connectivity index (χ0v) is 14.0. The Hall–Kier alpha value is -1.99. The minimum atomic E-state index is 0.535. The van der Waals surface area contributed by atoms with E-state index in [1.54, 1.807) is 6.20 Å². The Bertz CT molecular complexity index is 658. The minimum absolute atomic E-state index is 0.535. The molecule has 2 aliphatic rings. The molecular weight excluding hydrogens is 306 g/mol. The summed E-state index contributed by atoms with van der Waals surface area (Å²) in [6.45, 7) is 7.72. The highest BCUT2D eigenvalue weighted by atomic mass is 16.5. The second-order valence-corrected chi connectivity index (χ2v) is 6.45. The van der Waals surface area contributed by atoms with E-state index in [1.165, 1.54) is 0 Å². The van der Waals surface area contributed by atoms with Gasteiger partial charge in [0.05, 0.1) is 18.8 Å². The van der Waals surface area contributed by atoms with E-state index >= 15 is 0 Å². The van der Waals surface area contributed by atoms with Crippen LogP contribution >= 0.6 is 0 Å². The lowest BCUT2D eigenvalue weighted by Crippen LogP contribution is -2.49. The number of aromatic nitrogens is 3. The average Bonchev–Trinajstić information content (AvgIpc) is 3.13. The van der Waals surface area contributed by atoms with Crippen molar-refractivity contribution in [2.24, 2.45) is 0 Å². The first kappa shape index (κ1) is 15.5. The van der Waals surface area contributed by atoms with Crippen molar-refractivity contribution in [3.05, 3.63) is 24.0 Å². The monoisotopic (exact) mass is 329 g/mol. The second-order valence-electron chi connectivity index (χ2n) is 6.45. The molecular formula is C17H23N5O2. The van der Waals surface area contributed by atoms with Crippen molar-refractivity contribution in [3.8, 4) is 11.5 Å². The molecule has 4 heterocycles. The van der Waals surface area contributed by atoms with Gasteiger partial charge in [-0.1, -0.05) is 0 Å². The van der Waals surface area contributed by atoms with Crippen LogP contribution in [-0.2, 0) is 4.74 Å². The number of hydrogen-bond acceptors (Lipinski definition) is 7. The van der Waals surface area contributed by atoms with Crippen LogP contribution in [0, 0.1) is 6.92 Å². The average molecular weight is 329 g/mol. The van der Waals surface area contributed by atoms with Gasteiger partial charge in [0.2, 0.25) is 0 Å². The Labute approximate surface area is 141 Å². The maximum absolute atomic E-state index is 5.44. The molecule has 0 bridgehead atoms. The topological polar surface area (TPSA) is 67.5 Å². The molecule has 0 N–H and O–H groups in total. The number of ether oxygens (including phenoxy) is 1. The first-order valence-electron chi connectivity index (χ1n) is 8.63. The molecule has 0 aliphatic carbocycles. The van der Waals surface area contributed by atoms with E-state index in [4.69, 9.17) is 9.26 Å². The number of morpholine rings is 1. The molecule has 0 unspecified atom stereocenters. The minimum Gasteiger partial charge on any atom is -0.379 e. The lowest BCUT2D eigenvalue weighted by Gasteiger charge is -2.39. The van der Waals surface area contributed by atoms with E-state index in [9.17, 15) is 0 Å². The van der Waals surface area contributed by atoms with Crippen LogP contribution in [0.5, 0.6) is 0 Å². The summed E-state index contributed by atoms with van der Waals surface area (Å²) >= 11 is 0. The van der Waals surface area contributed by atoms with E-state index in [0.717, 1.165) is 63.5 Å². The lowest BCUT2D eigenvalue weighted by atomic mass is 10.0. The maximum Gasteiger partial charge on any atom is 0.266 e. The largest absolute Gasteiger partial charge is 0.379 e. The van der Waals surface area contributed by atoms with E-state index < -0.39 is 0 Å². The van der Waals surface area contributed by atoms with Crippen molar-refractivity contribution < 1.29 is 9.26 Å². The molecule has 0 saturated carbocycles. The van der Waals surface area contributed by atoms with Crippen LogP contribution in [0.3, 0.4) is 0 Å². The molecule has 0 aromatic carbocycles. The van der Waals surface area contributed by atoms with Crippen molar-refractivity contribution in [2.45, 2.75) is 25.8 Å². The molecule has 0 radical (unpaired) electrons. The van der Waals surface area contributed by atoms with E-state index in [-0.39, 0.29) is 0 Å². The van der Waals surface area contributed by atoms with Gasteiger partial charge in [0.25, 0.3) is 11.8 Å². The number of rotatable bonds is 3. The third-order valence-electron chi connectivity index (χ3n) is 4.88. The number of nitrogens with zero attached hydrogens (tertiary/aromatic N) is 5. The Kier molecular flexibility index (Phi) is 4.44. The van der Waals surface area contributed by atoms with Gasteiger partial charge in [0.1, 0.15) is 0 Å². The van der Waals surface area contributed by atoms with Gasteiger partial charge in [-0.15, -0.1) is 0 Å². The van der Waals surface area contributed by atoms with Crippen molar-refractivity contribution in [3.63, 3.8) is 0 Å². The fourth-order valence-electron chi connectivity index (χ4n) is 3.43. The van der Waals surface area contributed by atoms with Crippen LogP contribution < -0.4 is 4.90 Å². The lowest BCUT2D eigenvalue weighted by molar-refractivity contribution is 0.0114. The summed E-state index contributed by atoms with van der Waals surface area (Å²) in [5.41, 5.74) is 1.84. The summed E-state index contributed by atoms with van der Waals surface area (Å²) in [5, 5.41) is 4.15. The standard InChI is InChI=1S/C17H23N5O2/c1-13-2-3-14(12-18-13)16-19-17(20-24-16)22-6-4-15(5-7-22)21-8-10-23-11-9-21/h2-3,12,15H,4-11H2,1H3. The number of anilines is 1. The molecule has 128 valence electrons. The molecule has 4 rings (SSSR count). The molecule has 7 nitrogen and oxygen atoms in total. The first-order valence-corrected chi connectivity index (χ1v) is 8.63. The molecule has 2 fully saturated rings. The Morgan fingerprint density at radius 1 is 1.08 bits per heavy atom. The Morgan fingerprint density at radius 2 is 1.88 bits per heavy atom. The molecule has 0 spiro atoms. The molecule has 2 aliphatic heterocycles. The molecule has 0 atom stereocenters. The predicted octanol–water partition coefficient (Wildman–Crippen LogP) is 1.74. The molecule has 2 saturated heterocycles. The summed E-state index contributed by atoms with van der Waals surface area (Å²) < 4.78 is 10.9. The summed E-state index contributed by atoms with van der Waals surface area (Å²) in [6, 6.07) is 4.56. The van der Waals surface area contributed by atoms with Crippen LogP contribution in [0.4, 0.5) is 5.95 Å². The SMILES string of the molecule is Cc1ccc(-c2nc(N3CCC(N4CCOCC4)CC3)no2)cn1. The van der Waals surface area contributed by atoms with Crippen LogP contribution in [0.15, 0.2) is 22.9 Å². The molecule has 0 amide bonds. The quantitative estimate of drug-likeness (QED) is 0.849. The molecule has 2 aromatic rings. The van der Waals surface area contributed by atoms with Gasteiger partial charge < -0.3 is 14.2 Å². The Balaban J connectivity index is 1.38. The smallest absolute Gasteiger partial charge is 0.266 e. The van der Waals surface area contributed by atoms with E-state index in [2.05, 4.69) is 24.9 Å². The molecule has 2 aromatic heterocycles. The zero-order valence-electron chi connectivity index (χ0n) is 14.0. The number of pyridine rings is 1. The van der Waals surface area contributed by atoms with Gasteiger partial charge in [-0.05, 0) is 37.1 Å². The normalized spacial score (nSPS) is 20.5. The van der Waals surface area contributed by atoms with Crippen molar-refractivity contribution in [1.82, 2.24) is 20.0 Å². The van der Waals surface area contributed by atoms with Gasteiger partial charge in [-0.25, -0.2) is 0 Å². The third-order valence-corrected chi connectivity index (χ3v) is 4.88. The summed E-state index contributed by atoms with van der Waals surface area (Å²) in [4.78, 5) is 13.6. The molecule has 7 heteroatoms. The van der Waals surface area contributed by atoms with Gasteiger partial charge in [-0.2, -0.15) is 4.98 Å². The Morgan fingerprint density at radius 3 is 2.58 bits per heavy atom. The number of aryl methyl sites for hydroxylation is 1. The first-order chi connectivity index (χ1) is 11.8. The van der Waals surface area contributed by atoms with Crippen LogP contribution in [-0.4, -0.2) is 65.5 Å². The van der Waals surface area contributed by atoms with Crippen molar-refractivity contribution in [1.29, 1.82) is 0 Å². The number of hydrogen-bond donors (Lipinski definition) is 0. The van der Waals surface area contributed by atoms with E-state index in [1.807, 2.05) is 19.1 Å². The van der Waals surface area contributed by atoms with Crippen LogP contribution in [0.25, 0.3) is 11.5 Å².